The zero-order chi connectivity index (χ0) is 10.6. The first-order valence-electron chi connectivity index (χ1n) is 4.26. The molecule has 0 aliphatic heterocycles. The zero-order valence-electron chi connectivity index (χ0n) is 7.54. The van der Waals surface area contributed by atoms with Gasteiger partial charge in [-0.25, -0.2) is 0 Å². The summed E-state index contributed by atoms with van der Waals surface area (Å²) in [5.41, 5.74) is -2.09. The molecule has 1 aromatic carbocycles. The van der Waals surface area contributed by atoms with E-state index in [-0.39, 0.29) is 11.1 Å². The Balaban J connectivity index is 2.68. The molecule has 4 heteroatoms. The maximum absolute atomic E-state index is 13.4. The van der Waals surface area contributed by atoms with E-state index in [4.69, 9.17) is 0 Å². The van der Waals surface area contributed by atoms with Gasteiger partial charge in [-0.05, 0) is 18.1 Å². The zero-order valence-corrected chi connectivity index (χ0v) is 7.54. The van der Waals surface area contributed by atoms with Crippen molar-refractivity contribution in [2.45, 2.75) is 24.6 Å². The number of hydrogen-bond donors (Lipinski definition) is 2. The first kappa shape index (κ1) is 9.55. The summed E-state index contributed by atoms with van der Waals surface area (Å²) in [6, 6.07) is 5.91. The Hall–Kier alpha value is -1.00. The minimum absolute atomic E-state index is 0.0949. The summed E-state index contributed by atoms with van der Waals surface area (Å²) in [5, 5.41) is 19.0. The summed E-state index contributed by atoms with van der Waals surface area (Å²) in [6.07, 6.45) is -1.92. The van der Waals surface area contributed by atoms with E-state index in [2.05, 4.69) is 0 Å². The van der Waals surface area contributed by atoms with Crippen LogP contribution in [-0.4, -0.2) is 16.1 Å². The quantitative estimate of drug-likeness (QED) is 0.667. The van der Waals surface area contributed by atoms with Gasteiger partial charge < -0.3 is 10.2 Å². The normalized spacial score (nSPS) is 34.2. The van der Waals surface area contributed by atoms with Gasteiger partial charge >= 0.3 is 5.92 Å². The highest BCUT2D eigenvalue weighted by Crippen LogP contribution is 2.53. The van der Waals surface area contributed by atoms with Gasteiger partial charge in [0.1, 0.15) is 6.10 Å². The van der Waals surface area contributed by atoms with Gasteiger partial charge in [-0.3, -0.25) is 0 Å². The van der Waals surface area contributed by atoms with E-state index < -0.39 is 17.6 Å². The van der Waals surface area contributed by atoms with E-state index in [0.29, 0.717) is 0 Å². The van der Waals surface area contributed by atoms with Crippen molar-refractivity contribution in [1.82, 2.24) is 0 Å². The third-order valence-corrected chi connectivity index (χ3v) is 2.77. The summed E-state index contributed by atoms with van der Waals surface area (Å²) in [4.78, 5) is 0. The van der Waals surface area contributed by atoms with Crippen molar-refractivity contribution < 1.29 is 19.0 Å². The summed E-state index contributed by atoms with van der Waals surface area (Å²) in [6.45, 7) is 1.02. The minimum atomic E-state index is -3.53. The third-order valence-electron chi connectivity index (χ3n) is 2.77. The molecule has 14 heavy (non-hydrogen) atoms. The van der Waals surface area contributed by atoms with Crippen molar-refractivity contribution in [3.63, 3.8) is 0 Å². The Bertz CT molecular complexity index is 374. The summed E-state index contributed by atoms with van der Waals surface area (Å²) in [5.74, 6) is -3.53. The molecule has 0 amide bonds. The maximum Gasteiger partial charge on any atom is 0.309 e. The Kier molecular flexibility index (Phi) is 1.72. The van der Waals surface area contributed by atoms with Crippen LogP contribution in [0.4, 0.5) is 8.78 Å². The lowest BCUT2D eigenvalue weighted by Crippen LogP contribution is -2.41. The molecule has 2 atom stereocenters. The lowest BCUT2D eigenvalue weighted by atomic mass is 9.96. The van der Waals surface area contributed by atoms with E-state index in [9.17, 15) is 19.0 Å². The van der Waals surface area contributed by atoms with E-state index in [1.165, 1.54) is 12.1 Å². The Morgan fingerprint density at radius 3 is 2.43 bits per heavy atom. The van der Waals surface area contributed by atoms with Gasteiger partial charge in [-0.1, -0.05) is 24.3 Å². The molecule has 2 N–H and O–H groups in total. The molecular weight excluding hydrogens is 190 g/mol. The topological polar surface area (TPSA) is 40.5 Å². The van der Waals surface area contributed by atoms with E-state index >= 15 is 0 Å². The van der Waals surface area contributed by atoms with Gasteiger partial charge in [0, 0.05) is 0 Å². The van der Waals surface area contributed by atoms with Crippen LogP contribution in [-0.2, 0) is 5.60 Å². The lowest BCUT2D eigenvalue weighted by Gasteiger charge is -2.27. The molecule has 1 aliphatic rings. The molecule has 0 heterocycles. The second-order valence-electron chi connectivity index (χ2n) is 3.68. The summed E-state index contributed by atoms with van der Waals surface area (Å²) < 4.78 is 26.8. The molecule has 2 rings (SSSR count). The molecule has 2 unspecified atom stereocenters. The molecule has 2 nitrogen and oxygen atoms in total. The number of fused-ring (bicyclic) bond motifs is 1. The molecule has 0 aromatic heterocycles. The highest BCUT2D eigenvalue weighted by Gasteiger charge is 2.62. The van der Waals surface area contributed by atoms with Crippen LogP contribution in [0.25, 0.3) is 0 Å². The standard InChI is InChI=1S/C10H10F2O2/c1-9(14)7-5-3-2-4-6(7)8(13)10(9,11)12/h2-5,8,13-14H,1H3. The molecule has 0 bridgehead atoms. The largest absolute Gasteiger partial charge is 0.382 e. The van der Waals surface area contributed by atoms with E-state index in [1.54, 1.807) is 12.1 Å². The number of alkyl halides is 2. The first-order chi connectivity index (χ1) is 6.39. The minimum Gasteiger partial charge on any atom is -0.382 e. The van der Waals surface area contributed by atoms with Gasteiger partial charge in [0.15, 0.2) is 5.60 Å². The van der Waals surface area contributed by atoms with E-state index in [0.717, 1.165) is 6.92 Å². The molecule has 0 saturated heterocycles. The Morgan fingerprint density at radius 1 is 1.29 bits per heavy atom. The first-order valence-corrected chi connectivity index (χ1v) is 4.26. The molecule has 0 radical (unpaired) electrons. The van der Waals surface area contributed by atoms with Crippen LogP contribution in [0.15, 0.2) is 24.3 Å². The number of aliphatic hydroxyl groups excluding tert-OH is 1. The number of benzene rings is 1. The van der Waals surface area contributed by atoms with Crippen molar-refractivity contribution in [3.8, 4) is 0 Å². The number of rotatable bonds is 0. The fourth-order valence-electron chi connectivity index (χ4n) is 1.82. The molecular formula is C10H10F2O2. The molecule has 0 saturated carbocycles. The third kappa shape index (κ3) is 0.898. The molecule has 0 fully saturated rings. The molecule has 1 aliphatic carbocycles. The fraction of sp³-hybridized carbons (Fsp3) is 0.400. The molecule has 1 aromatic rings. The highest BCUT2D eigenvalue weighted by molar-refractivity contribution is 5.42. The number of hydrogen-bond acceptors (Lipinski definition) is 2. The lowest BCUT2D eigenvalue weighted by molar-refractivity contribution is -0.215. The van der Waals surface area contributed by atoms with Crippen LogP contribution in [0, 0.1) is 0 Å². The second-order valence-corrected chi connectivity index (χ2v) is 3.68. The predicted octanol–water partition coefficient (Wildman–Crippen LogP) is 1.58. The highest BCUT2D eigenvalue weighted by atomic mass is 19.3. The van der Waals surface area contributed by atoms with E-state index in [1.807, 2.05) is 0 Å². The Morgan fingerprint density at radius 2 is 1.86 bits per heavy atom. The van der Waals surface area contributed by atoms with Gasteiger partial charge in [0.05, 0.1) is 0 Å². The second kappa shape index (κ2) is 2.52. The summed E-state index contributed by atoms with van der Waals surface area (Å²) >= 11 is 0. The predicted molar refractivity (Wildman–Crippen MR) is 45.9 cm³/mol. The van der Waals surface area contributed by atoms with Crippen molar-refractivity contribution in [1.29, 1.82) is 0 Å². The van der Waals surface area contributed by atoms with Gasteiger partial charge in [0.25, 0.3) is 0 Å². The van der Waals surface area contributed by atoms with Gasteiger partial charge in [0.2, 0.25) is 0 Å². The van der Waals surface area contributed by atoms with Crippen molar-refractivity contribution in [2.75, 3.05) is 0 Å². The van der Waals surface area contributed by atoms with Crippen molar-refractivity contribution in [3.05, 3.63) is 35.4 Å². The van der Waals surface area contributed by atoms with Gasteiger partial charge in [-0.2, -0.15) is 8.78 Å². The maximum atomic E-state index is 13.4. The van der Waals surface area contributed by atoms with Crippen molar-refractivity contribution >= 4 is 0 Å². The average Bonchev–Trinajstić information content (AvgIpc) is 2.27. The fourth-order valence-corrected chi connectivity index (χ4v) is 1.82. The molecule has 0 spiro atoms. The van der Waals surface area contributed by atoms with Crippen LogP contribution in [0.1, 0.15) is 24.2 Å². The average molecular weight is 200 g/mol. The number of halogens is 2. The van der Waals surface area contributed by atoms with Crippen LogP contribution in [0.5, 0.6) is 0 Å². The smallest absolute Gasteiger partial charge is 0.309 e. The molecule has 76 valence electrons. The Labute approximate surface area is 79.8 Å². The van der Waals surface area contributed by atoms with Crippen molar-refractivity contribution in [2.24, 2.45) is 0 Å². The van der Waals surface area contributed by atoms with Crippen LogP contribution in [0.2, 0.25) is 0 Å². The SMILES string of the molecule is CC1(O)c2ccccc2C(O)C1(F)F. The van der Waals surface area contributed by atoms with Gasteiger partial charge in [-0.15, -0.1) is 0 Å². The van der Waals surface area contributed by atoms with Crippen LogP contribution in [0.3, 0.4) is 0 Å². The van der Waals surface area contributed by atoms with Crippen LogP contribution >= 0.6 is 0 Å². The monoisotopic (exact) mass is 200 g/mol. The number of aliphatic hydroxyl groups is 2. The summed E-state index contributed by atoms with van der Waals surface area (Å²) in [7, 11) is 0. The van der Waals surface area contributed by atoms with Crippen LogP contribution < -0.4 is 0 Å².